The molecule has 1 unspecified atom stereocenters. The van der Waals surface area contributed by atoms with Crippen LogP contribution in [-0.2, 0) is 6.18 Å². The summed E-state index contributed by atoms with van der Waals surface area (Å²) < 4.78 is 37.6. The van der Waals surface area contributed by atoms with Crippen LogP contribution < -0.4 is 5.32 Å². The Balaban J connectivity index is 2.07. The zero-order chi connectivity index (χ0) is 13.4. The van der Waals surface area contributed by atoms with Gasteiger partial charge in [-0.3, -0.25) is 0 Å². The number of aromatic nitrogens is 1. The smallest absolute Gasteiger partial charge is 0.367 e. The minimum atomic E-state index is -4.31. The zero-order valence-electron chi connectivity index (χ0n) is 10.5. The Kier molecular flexibility index (Phi) is 3.25. The highest BCUT2D eigenvalue weighted by atomic mass is 19.4. The van der Waals surface area contributed by atoms with Crippen molar-refractivity contribution in [2.75, 3.05) is 5.32 Å². The molecule has 0 saturated heterocycles. The lowest BCUT2D eigenvalue weighted by molar-refractivity contribution is -0.137. The molecule has 5 heteroatoms. The van der Waals surface area contributed by atoms with Crippen LogP contribution in [0.1, 0.15) is 38.7 Å². The molecule has 18 heavy (non-hydrogen) atoms. The van der Waals surface area contributed by atoms with Gasteiger partial charge in [-0.25, -0.2) is 4.98 Å². The first-order valence-electron chi connectivity index (χ1n) is 6.06. The highest BCUT2D eigenvalue weighted by Crippen LogP contribution is 2.38. The van der Waals surface area contributed by atoms with Gasteiger partial charge in [0, 0.05) is 12.2 Å². The molecule has 100 valence electrons. The van der Waals surface area contributed by atoms with Crippen molar-refractivity contribution in [1.29, 1.82) is 0 Å². The number of nitrogens with zero attached hydrogens (tertiary/aromatic N) is 1. The van der Waals surface area contributed by atoms with E-state index in [1.54, 1.807) is 0 Å². The molecule has 1 aliphatic carbocycles. The molecular formula is C13H17F3N2. The van der Waals surface area contributed by atoms with Gasteiger partial charge >= 0.3 is 6.18 Å². The van der Waals surface area contributed by atoms with E-state index in [-0.39, 0.29) is 11.5 Å². The van der Waals surface area contributed by atoms with Crippen molar-refractivity contribution in [1.82, 2.24) is 4.98 Å². The average Bonchev–Trinajstić information content (AvgIpc) is 2.57. The van der Waals surface area contributed by atoms with E-state index in [0.29, 0.717) is 5.82 Å². The second kappa shape index (κ2) is 4.44. The van der Waals surface area contributed by atoms with Crippen molar-refractivity contribution in [3.8, 4) is 0 Å². The molecule has 1 aromatic heterocycles. The fraction of sp³-hybridized carbons (Fsp3) is 0.615. The number of pyridine rings is 1. The second-order valence-corrected chi connectivity index (χ2v) is 5.68. The number of hydrogen-bond acceptors (Lipinski definition) is 2. The van der Waals surface area contributed by atoms with Crippen LogP contribution >= 0.6 is 0 Å². The van der Waals surface area contributed by atoms with E-state index in [1.165, 1.54) is 6.20 Å². The van der Waals surface area contributed by atoms with E-state index in [9.17, 15) is 13.2 Å². The SMILES string of the molecule is CC1(C)CCC(Nc2cc(C(F)(F)F)ccn2)C1. The zero-order valence-corrected chi connectivity index (χ0v) is 10.5. The molecule has 0 bridgehead atoms. The quantitative estimate of drug-likeness (QED) is 0.864. The fourth-order valence-electron chi connectivity index (χ4n) is 2.45. The van der Waals surface area contributed by atoms with Gasteiger partial charge in [0.1, 0.15) is 5.82 Å². The van der Waals surface area contributed by atoms with Crippen molar-refractivity contribution in [2.24, 2.45) is 5.41 Å². The molecule has 1 atom stereocenters. The van der Waals surface area contributed by atoms with Crippen molar-refractivity contribution >= 4 is 5.82 Å². The summed E-state index contributed by atoms with van der Waals surface area (Å²) in [5.74, 6) is 0.313. The molecule has 0 aliphatic heterocycles. The van der Waals surface area contributed by atoms with Gasteiger partial charge in [0.15, 0.2) is 0 Å². The number of anilines is 1. The molecule has 1 aliphatic rings. The Morgan fingerprint density at radius 1 is 1.39 bits per heavy atom. The van der Waals surface area contributed by atoms with Gasteiger partial charge in [-0.05, 0) is 36.8 Å². The maximum atomic E-state index is 12.5. The summed E-state index contributed by atoms with van der Waals surface area (Å²) in [5.41, 5.74) is -0.392. The van der Waals surface area contributed by atoms with Gasteiger partial charge in [0.05, 0.1) is 5.56 Å². The van der Waals surface area contributed by atoms with E-state index in [0.717, 1.165) is 31.4 Å². The molecule has 1 N–H and O–H groups in total. The highest BCUT2D eigenvalue weighted by Gasteiger charge is 2.33. The summed E-state index contributed by atoms with van der Waals surface area (Å²) in [6.07, 6.45) is -0.0843. The summed E-state index contributed by atoms with van der Waals surface area (Å²) in [7, 11) is 0. The topological polar surface area (TPSA) is 24.9 Å². The maximum absolute atomic E-state index is 12.5. The lowest BCUT2D eigenvalue weighted by Gasteiger charge is -2.18. The third-order valence-corrected chi connectivity index (χ3v) is 3.41. The third kappa shape index (κ3) is 3.15. The molecule has 1 fully saturated rings. The Bertz CT molecular complexity index is 426. The second-order valence-electron chi connectivity index (χ2n) is 5.68. The Morgan fingerprint density at radius 3 is 2.67 bits per heavy atom. The van der Waals surface area contributed by atoms with Crippen LogP contribution in [0.2, 0.25) is 0 Å². The van der Waals surface area contributed by atoms with Crippen LogP contribution in [0.4, 0.5) is 19.0 Å². The number of rotatable bonds is 2. The molecule has 0 spiro atoms. The van der Waals surface area contributed by atoms with Gasteiger partial charge in [-0.2, -0.15) is 13.2 Å². The van der Waals surface area contributed by atoms with Gasteiger partial charge in [-0.1, -0.05) is 13.8 Å². The lowest BCUT2D eigenvalue weighted by atomic mass is 9.92. The Labute approximate surface area is 105 Å². The highest BCUT2D eigenvalue weighted by molar-refractivity contribution is 5.39. The summed E-state index contributed by atoms with van der Waals surface area (Å²) in [5, 5.41) is 3.10. The predicted molar refractivity (Wildman–Crippen MR) is 64.3 cm³/mol. The van der Waals surface area contributed by atoms with Crippen LogP contribution in [-0.4, -0.2) is 11.0 Å². The van der Waals surface area contributed by atoms with Crippen LogP contribution in [0, 0.1) is 5.41 Å². The first-order valence-corrected chi connectivity index (χ1v) is 6.06. The third-order valence-electron chi connectivity index (χ3n) is 3.41. The van der Waals surface area contributed by atoms with Crippen molar-refractivity contribution < 1.29 is 13.2 Å². The monoisotopic (exact) mass is 258 g/mol. The van der Waals surface area contributed by atoms with Gasteiger partial charge < -0.3 is 5.32 Å². The van der Waals surface area contributed by atoms with Crippen molar-refractivity contribution in [3.63, 3.8) is 0 Å². The van der Waals surface area contributed by atoms with Crippen LogP contribution in [0.3, 0.4) is 0 Å². The number of nitrogens with one attached hydrogen (secondary N) is 1. The van der Waals surface area contributed by atoms with Crippen molar-refractivity contribution in [2.45, 2.75) is 45.3 Å². The summed E-state index contributed by atoms with van der Waals surface area (Å²) in [6, 6.07) is 2.28. The van der Waals surface area contributed by atoms with Crippen molar-refractivity contribution in [3.05, 3.63) is 23.9 Å². The minimum Gasteiger partial charge on any atom is -0.367 e. The molecule has 1 heterocycles. The largest absolute Gasteiger partial charge is 0.416 e. The Hall–Kier alpha value is -1.26. The van der Waals surface area contributed by atoms with E-state index in [2.05, 4.69) is 24.1 Å². The maximum Gasteiger partial charge on any atom is 0.416 e. The van der Waals surface area contributed by atoms with E-state index in [1.807, 2.05) is 0 Å². The standard InChI is InChI=1S/C13H17F3N2/c1-12(2)5-3-10(8-12)18-11-7-9(4-6-17-11)13(14,15)16/h4,6-7,10H,3,5,8H2,1-2H3,(H,17,18). The average molecular weight is 258 g/mol. The molecule has 1 saturated carbocycles. The fourth-order valence-corrected chi connectivity index (χ4v) is 2.45. The Morgan fingerprint density at radius 2 is 2.11 bits per heavy atom. The summed E-state index contributed by atoms with van der Waals surface area (Å²) >= 11 is 0. The lowest BCUT2D eigenvalue weighted by Crippen LogP contribution is -2.18. The molecule has 2 nitrogen and oxygen atoms in total. The first-order chi connectivity index (χ1) is 8.26. The van der Waals surface area contributed by atoms with Crippen LogP contribution in [0.5, 0.6) is 0 Å². The minimum absolute atomic E-state index is 0.219. The van der Waals surface area contributed by atoms with Crippen LogP contribution in [0.25, 0.3) is 0 Å². The number of alkyl halides is 3. The van der Waals surface area contributed by atoms with E-state index in [4.69, 9.17) is 0 Å². The van der Waals surface area contributed by atoms with Crippen LogP contribution in [0.15, 0.2) is 18.3 Å². The number of halogens is 3. The summed E-state index contributed by atoms with van der Waals surface area (Å²) in [4.78, 5) is 3.95. The molecule has 0 radical (unpaired) electrons. The molecule has 2 rings (SSSR count). The first kappa shape index (κ1) is 13.2. The predicted octanol–water partition coefficient (Wildman–Crippen LogP) is 4.09. The van der Waals surface area contributed by atoms with Gasteiger partial charge in [0.2, 0.25) is 0 Å². The van der Waals surface area contributed by atoms with Gasteiger partial charge in [-0.15, -0.1) is 0 Å². The molecule has 0 amide bonds. The molecule has 0 aromatic carbocycles. The van der Waals surface area contributed by atoms with E-state index < -0.39 is 11.7 Å². The summed E-state index contributed by atoms with van der Waals surface area (Å²) in [6.45, 7) is 4.35. The van der Waals surface area contributed by atoms with E-state index >= 15 is 0 Å². The molecule has 1 aromatic rings. The normalized spacial score (nSPS) is 23.1. The number of hydrogen-bond donors (Lipinski definition) is 1. The van der Waals surface area contributed by atoms with Gasteiger partial charge in [0.25, 0.3) is 0 Å². The molecular weight excluding hydrogens is 241 g/mol.